The minimum absolute atomic E-state index is 0.0108. The summed E-state index contributed by atoms with van der Waals surface area (Å²) in [5.74, 6) is 1.61. The number of amides is 2. The maximum Gasteiger partial charge on any atom is 0.319 e. The highest BCUT2D eigenvalue weighted by Crippen LogP contribution is 2.34. The van der Waals surface area contributed by atoms with Gasteiger partial charge in [-0.3, -0.25) is 0 Å². The lowest BCUT2D eigenvalue weighted by atomic mass is 10.0. The number of benzene rings is 1. The fourth-order valence-electron chi connectivity index (χ4n) is 2.07. The molecule has 1 aliphatic rings. The van der Waals surface area contributed by atoms with Gasteiger partial charge in [-0.05, 0) is 31.2 Å². The molecule has 1 atom stereocenters. The Hall–Kier alpha value is -2.67. The third-order valence-corrected chi connectivity index (χ3v) is 3.28. The van der Waals surface area contributed by atoms with Crippen molar-refractivity contribution < 1.29 is 23.8 Å². The molecule has 0 fully saturated rings. The molecule has 0 unspecified atom stereocenters. The second-order valence-electron chi connectivity index (χ2n) is 5.13. The first-order valence-corrected chi connectivity index (χ1v) is 6.75. The molecule has 0 radical (unpaired) electrons. The molecular formula is C15H16N2O5. The van der Waals surface area contributed by atoms with E-state index in [0.717, 1.165) is 0 Å². The van der Waals surface area contributed by atoms with Crippen LogP contribution in [0.15, 0.2) is 41.0 Å². The number of carbonyl (C=O) groups excluding carboxylic acids is 1. The molecule has 1 aliphatic heterocycles. The lowest BCUT2D eigenvalue weighted by Gasteiger charge is -2.21. The van der Waals surface area contributed by atoms with E-state index in [1.54, 1.807) is 37.3 Å². The molecule has 7 nitrogen and oxygen atoms in total. The second-order valence-corrected chi connectivity index (χ2v) is 5.13. The Balaban J connectivity index is 1.57. The summed E-state index contributed by atoms with van der Waals surface area (Å²) in [5.41, 5.74) is -0.713. The number of hydrogen-bond acceptors (Lipinski definition) is 5. The first-order chi connectivity index (χ1) is 10.5. The summed E-state index contributed by atoms with van der Waals surface area (Å²) in [7, 11) is 0. The predicted molar refractivity (Wildman–Crippen MR) is 77.9 cm³/mol. The summed E-state index contributed by atoms with van der Waals surface area (Å²) in [6.07, 6.45) is 1.47. The number of aliphatic hydroxyl groups is 1. The molecular weight excluding hydrogens is 288 g/mol. The third-order valence-electron chi connectivity index (χ3n) is 3.28. The van der Waals surface area contributed by atoms with Crippen molar-refractivity contribution in [2.45, 2.75) is 12.5 Å². The van der Waals surface area contributed by atoms with Gasteiger partial charge in [-0.2, -0.15) is 0 Å². The fraction of sp³-hybridized carbons (Fsp3) is 0.267. The Kier molecular flexibility index (Phi) is 3.64. The zero-order chi connectivity index (χ0) is 15.6. The lowest BCUT2D eigenvalue weighted by Crippen LogP contribution is -2.40. The monoisotopic (exact) mass is 304 g/mol. The molecule has 2 amide bonds. The Morgan fingerprint density at radius 3 is 2.91 bits per heavy atom. The third kappa shape index (κ3) is 2.99. The second kappa shape index (κ2) is 5.61. The van der Waals surface area contributed by atoms with Gasteiger partial charge in [-0.25, -0.2) is 4.79 Å². The molecule has 1 aromatic carbocycles. The van der Waals surface area contributed by atoms with Crippen molar-refractivity contribution >= 4 is 11.7 Å². The number of ether oxygens (including phenoxy) is 2. The van der Waals surface area contributed by atoms with Crippen molar-refractivity contribution in [1.29, 1.82) is 0 Å². The Bertz CT molecular complexity index is 667. The van der Waals surface area contributed by atoms with Gasteiger partial charge in [-0.1, -0.05) is 0 Å². The first kappa shape index (κ1) is 14.3. The van der Waals surface area contributed by atoms with Gasteiger partial charge in [0.2, 0.25) is 6.79 Å². The Morgan fingerprint density at radius 2 is 2.14 bits per heavy atom. The topological polar surface area (TPSA) is 93.0 Å². The van der Waals surface area contributed by atoms with E-state index in [0.29, 0.717) is 22.9 Å². The van der Waals surface area contributed by atoms with Gasteiger partial charge in [0.15, 0.2) is 11.5 Å². The number of furan rings is 1. The Labute approximate surface area is 126 Å². The van der Waals surface area contributed by atoms with Crippen LogP contribution in [0.2, 0.25) is 0 Å². The van der Waals surface area contributed by atoms with Crippen LogP contribution in [0, 0.1) is 0 Å². The fourth-order valence-corrected chi connectivity index (χ4v) is 2.07. The number of fused-ring (bicyclic) bond motifs is 1. The smallest absolute Gasteiger partial charge is 0.319 e. The van der Waals surface area contributed by atoms with Crippen molar-refractivity contribution in [1.82, 2.24) is 5.32 Å². The molecule has 2 heterocycles. The van der Waals surface area contributed by atoms with Gasteiger partial charge in [0.25, 0.3) is 0 Å². The molecule has 0 saturated heterocycles. The van der Waals surface area contributed by atoms with E-state index in [4.69, 9.17) is 13.9 Å². The summed E-state index contributed by atoms with van der Waals surface area (Å²) >= 11 is 0. The van der Waals surface area contributed by atoms with Crippen LogP contribution in [-0.2, 0) is 5.60 Å². The van der Waals surface area contributed by atoms with E-state index in [2.05, 4.69) is 10.6 Å². The highest BCUT2D eigenvalue weighted by molar-refractivity contribution is 5.89. The molecule has 1 aromatic heterocycles. The van der Waals surface area contributed by atoms with Gasteiger partial charge in [0.1, 0.15) is 11.4 Å². The standard InChI is InChI=1S/C15H16N2O5/c1-15(19,13-3-2-6-20-13)8-16-14(18)17-10-4-5-11-12(7-10)22-9-21-11/h2-7,19H,8-9H2,1H3,(H2,16,17,18)/t15-/m1/s1. The van der Waals surface area contributed by atoms with E-state index in [1.165, 1.54) is 6.26 Å². The molecule has 22 heavy (non-hydrogen) atoms. The van der Waals surface area contributed by atoms with Crippen molar-refractivity contribution in [2.24, 2.45) is 0 Å². The number of rotatable bonds is 4. The van der Waals surface area contributed by atoms with Crippen LogP contribution < -0.4 is 20.1 Å². The summed E-state index contributed by atoms with van der Waals surface area (Å²) in [6, 6.07) is 7.99. The van der Waals surface area contributed by atoms with E-state index >= 15 is 0 Å². The van der Waals surface area contributed by atoms with E-state index in [9.17, 15) is 9.90 Å². The molecule has 0 saturated carbocycles. The van der Waals surface area contributed by atoms with Crippen molar-refractivity contribution in [3.63, 3.8) is 0 Å². The van der Waals surface area contributed by atoms with Crippen molar-refractivity contribution in [3.05, 3.63) is 42.4 Å². The van der Waals surface area contributed by atoms with E-state index in [-0.39, 0.29) is 13.3 Å². The zero-order valence-electron chi connectivity index (χ0n) is 12.0. The first-order valence-electron chi connectivity index (χ1n) is 6.75. The number of nitrogens with one attached hydrogen (secondary N) is 2. The average Bonchev–Trinajstić information content (AvgIpc) is 3.16. The van der Waals surface area contributed by atoms with Crippen LogP contribution in [0.4, 0.5) is 10.5 Å². The van der Waals surface area contributed by atoms with Crippen LogP contribution in [0.3, 0.4) is 0 Å². The SMILES string of the molecule is C[C@@](O)(CNC(=O)Nc1ccc2c(c1)OCO2)c1ccco1. The highest BCUT2D eigenvalue weighted by Gasteiger charge is 2.26. The molecule has 7 heteroatoms. The predicted octanol–water partition coefficient (Wildman–Crippen LogP) is 2.04. The maximum absolute atomic E-state index is 11.9. The molecule has 3 rings (SSSR count). The van der Waals surface area contributed by atoms with Gasteiger partial charge in [0, 0.05) is 11.8 Å². The molecule has 0 bridgehead atoms. The molecule has 3 N–H and O–H groups in total. The van der Waals surface area contributed by atoms with Crippen molar-refractivity contribution in [2.75, 3.05) is 18.7 Å². The average molecular weight is 304 g/mol. The minimum atomic E-state index is -1.28. The quantitative estimate of drug-likeness (QED) is 0.803. The molecule has 0 aliphatic carbocycles. The van der Waals surface area contributed by atoms with Gasteiger partial charge >= 0.3 is 6.03 Å². The summed E-state index contributed by atoms with van der Waals surface area (Å²) in [5, 5.41) is 15.5. The number of urea groups is 1. The van der Waals surface area contributed by atoms with Crippen LogP contribution in [0.25, 0.3) is 0 Å². The summed E-state index contributed by atoms with van der Waals surface area (Å²) < 4.78 is 15.6. The van der Waals surface area contributed by atoms with Gasteiger partial charge < -0.3 is 29.6 Å². The minimum Gasteiger partial charge on any atom is -0.466 e. The van der Waals surface area contributed by atoms with Gasteiger partial charge in [-0.15, -0.1) is 0 Å². The van der Waals surface area contributed by atoms with Gasteiger partial charge in [0.05, 0.1) is 12.8 Å². The van der Waals surface area contributed by atoms with E-state index < -0.39 is 11.6 Å². The maximum atomic E-state index is 11.9. The Morgan fingerprint density at radius 1 is 1.32 bits per heavy atom. The largest absolute Gasteiger partial charge is 0.466 e. The molecule has 0 spiro atoms. The zero-order valence-corrected chi connectivity index (χ0v) is 12.0. The molecule has 116 valence electrons. The van der Waals surface area contributed by atoms with Crippen LogP contribution in [-0.4, -0.2) is 24.5 Å². The van der Waals surface area contributed by atoms with Crippen LogP contribution >= 0.6 is 0 Å². The highest BCUT2D eigenvalue weighted by atomic mass is 16.7. The van der Waals surface area contributed by atoms with Crippen LogP contribution in [0.5, 0.6) is 11.5 Å². The number of hydrogen-bond donors (Lipinski definition) is 3. The molecule has 2 aromatic rings. The normalized spacial score (nSPS) is 15.2. The lowest BCUT2D eigenvalue weighted by molar-refractivity contribution is 0.0372. The summed E-state index contributed by atoms with van der Waals surface area (Å²) in [4.78, 5) is 11.9. The number of carbonyl (C=O) groups is 1. The number of anilines is 1. The van der Waals surface area contributed by atoms with Crippen molar-refractivity contribution in [3.8, 4) is 11.5 Å². The van der Waals surface area contributed by atoms with Crippen LogP contribution in [0.1, 0.15) is 12.7 Å². The van der Waals surface area contributed by atoms with E-state index in [1.807, 2.05) is 0 Å². The summed E-state index contributed by atoms with van der Waals surface area (Å²) in [6.45, 7) is 1.75.